The van der Waals surface area contributed by atoms with Crippen LogP contribution in [0.3, 0.4) is 0 Å². The highest BCUT2D eigenvalue weighted by Crippen LogP contribution is 2.39. The van der Waals surface area contributed by atoms with Crippen molar-refractivity contribution in [3.63, 3.8) is 0 Å². The summed E-state index contributed by atoms with van der Waals surface area (Å²) < 4.78 is 3.08. The van der Waals surface area contributed by atoms with Crippen molar-refractivity contribution in [1.82, 2.24) is 19.7 Å². The van der Waals surface area contributed by atoms with Gasteiger partial charge in [-0.1, -0.05) is 36.7 Å². The van der Waals surface area contributed by atoms with Crippen molar-refractivity contribution < 1.29 is 9.59 Å². The summed E-state index contributed by atoms with van der Waals surface area (Å²) in [7, 11) is 0. The second-order valence-corrected chi connectivity index (χ2v) is 9.47. The molecule has 1 aliphatic rings. The van der Waals surface area contributed by atoms with Gasteiger partial charge in [-0.25, -0.2) is 18.5 Å². The van der Waals surface area contributed by atoms with Gasteiger partial charge in [-0.2, -0.15) is 5.10 Å². The molecule has 2 N–H and O–H groups in total. The summed E-state index contributed by atoms with van der Waals surface area (Å²) in [5, 5.41) is 20.9. The van der Waals surface area contributed by atoms with Gasteiger partial charge in [-0.05, 0) is 49.7 Å². The molecule has 1 saturated heterocycles. The molecule has 1 aromatic heterocycles. The van der Waals surface area contributed by atoms with Crippen LogP contribution in [0.4, 0.5) is 5.69 Å². The van der Waals surface area contributed by atoms with Gasteiger partial charge in [0.15, 0.2) is 6.17 Å². The van der Waals surface area contributed by atoms with E-state index < -0.39 is 12.4 Å². The molecule has 2 aromatic carbocycles. The van der Waals surface area contributed by atoms with Crippen LogP contribution in [0.1, 0.15) is 38.2 Å². The highest BCUT2D eigenvalue weighted by atomic mass is 35.5. The zero-order chi connectivity index (χ0) is 25.0. The minimum atomic E-state index is -1.02. The second kappa shape index (κ2) is 11.0. The average molecular weight is 516 g/mol. The van der Waals surface area contributed by atoms with Crippen molar-refractivity contribution >= 4 is 34.6 Å². The number of halogens is 1. The Balaban J connectivity index is 1.89. The van der Waals surface area contributed by atoms with E-state index in [-0.39, 0.29) is 10.2 Å². The normalized spacial score (nSPS) is 21.0. The van der Waals surface area contributed by atoms with Crippen LogP contribution >= 0.6 is 23.8 Å². The number of nitrogens with zero attached hydrogens (tertiary/aromatic N) is 5. The van der Waals surface area contributed by atoms with E-state index >= 15 is 0 Å². The number of rotatable bonds is 7. The molecular formula is C25H32ClN6O2S+. The minimum absolute atomic E-state index is 0.00950. The summed E-state index contributed by atoms with van der Waals surface area (Å²) in [6, 6.07) is 17.1. The van der Waals surface area contributed by atoms with Gasteiger partial charge in [-0.15, -0.1) is 0 Å². The number of hydrogen-bond acceptors (Lipinski definition) is 5. The Morgan fingerprint density at radius 2 is 1.97 bits per heavy atom. The highest BCUT2D eigenvalue weighted by Gasteiger charge is 2.53. The van der Waals surface area contributed by atoms with E-state index in [4.69, 9.17) is 23.8 Å². The molecule has 0 spiro atoms. The number of aromatic nitrogens is 3. The predicted octanol–water partition coefficient (Wildman–Crippen LogP) is 3.53. The largest absolute Gasteiger partial charge is 0.350 e. The molecule has 0 saturated carbocycles. The number of thiocarbonyl (C=S) groups is 1. The van der Waals surface area contributed by atoms with E-state index in [1.54, 1.807) is 23.0 Å². The van der Waals surface area contributed by atoms with Gasteiger partial charge in [0.25, 0.3) is 5.11 Å². The number of quaternary nitrogens is 1. The maximum Gasteiger partial charge on any atom is 0.350 e. The van der Waals surface area contributed by atoms with Crippen molar-refractivity contribution in [3.05, 3.63) is 82.0 Å². The average Bonchev–Trinajstić information content (AvgIpc) is 3.25. The van der Waals surface area contributed by atoms with Crippen molar-refractivity contribution in [2.45, 2.75) is 39.2 Å². The fourth-order valence-electron chi connectivity index (χ4n) is 4.82. The van der Waals surface area contributed by atoms with Crippen molar-refractivity contribution in [3.8, 4) is 0 Å². The number of para-hydroxylation sites is 1. The van der Waals surface area contributed by atoms with Crippen LogP contribution in [-0.2, 0) is 6.54 Å². The van der Waals surface area contributed by atoms with E-state index in [0.29, 0.717) is 48.4 Å². The van der Waals surface area contributed by atoms with E-state index in [2.05, 4.69) is 10.4 Å². The number of anilines is 1. The fraction of sp³-hybridized carbons (Fsp3) is 0.400. The number of nitrogens with one attached hydrogen (secondary N) is 1. The second-order valence-electron chi connectivity index (χ2n) is 8.67. The predicted molar refractivity (Wildman–Crippen MR) is 142 cm³/mol. The molecule has 1 fully saturated rings. The SMILES string of the molecule is CCCn1ncn(C2CNCC[N+]2(C(=S)N(CC)c2ccccc2)C(O)c2ccc(Cl)cc2)c1=O. The van der Waals surface area contributed by atoms with Gasteiger partial charge in [0, 0.05) is 48.1 Å². The van der Waals surface area contributed by atoms with Crippen LogP contribution in [0.2, 0.25) is 5.02 Å². The lowest BCUT2D eigenvalue weighted by Gasteiger charge is -2.51. The minimum Gasteiger partial charge on any atom is -0.341 e. The van der Waals surface area contributed by atoms with Crippen LogP contribution < -0.4 is 15.9 Å². The van der Waals surface area contributed by atoms with E-state index in [9.17, 15) is 9.90 Å². The van der Waals surface area contributed by atoms with E-state index in [0.717, 1.165) is 12.1 Å². The maximum absolute atomic E-state index is 13.4. The number of piperazine rings is 1. The number of hydrogen-bond donors (Lipinski definition) is 2. The molecule has 3 atom stereocenters. The number of benzene rings is 2. The first-order chi connectivity index (χ1) is 16.9. The Morgan fingerprint density at radius 1 is 1.26 bits per heavy atom. The Kier molecular flexibility index (Phi) is 8.03. The molecule has 3 unspecified atom stereocenters. The molecule has 0 bridgehead atoms. The number of aliphatic hydroxyl groups is 1. The molecular weight excluding hydrogens is 484 g/mol. The first-order valence-corrected chi connectivity index (χ1v) is 12.7. The Hall–Kier alpha value is -2.56. The summed E-state index contributed by atoms with van der Waals surface area (Å²) in [5.74, 6) is 0. The van der Waals surface area contributed by atoms with Crippen LogP contribution in [0.15, 0.2) is 65.7 Å². The summed E-state index contributed by atoms with van der Waals surface area (Å²) in [6.07, 6.45) is 0.839. The third-order valence-corrected chi connectivity index (χ3v) is 7.42. The third kappa shape index (κ3) is 4.79. The molecule has 35 heavy (non-hydrogen) atoms. The van der Waals surface area contributed by atoms with Crippen molar-refractivity contribution in [2.24, 2.45) is 0 Å². The monoisotopic (exact) mass is 515 g/mol. The molecule has 4 rings (SSSR count). The zero-order valence-electron chi connectivity index (χ0n) is 20.0. The maximum atomic E-state index is 13.4. The lowest BCUT2D eigenvalue weighted by molar-refractivity contribution is -0.937. The van der Waals surface area contributed by atoms with Gasteiger partial charge >= 0.3 is 5.69 Å². The van der Waals surface area contributed by atoms with E-state index in [1.807, 2.05) is 61.2 Å². The molecule has 0 aliphatic carbocycles. The Morgan fingerprint density at radius 3 is 2.63 bits per heavy atom. The number of aryl methyl sites for hydroxylation is 1. The molecule has 3 aromatic rings. The van der Waals surface area contributed by atoms with Crippen LogP contribution in [0.5, 0.6) is 0 Å². The fourth-order valence-corrected chi connectivity index (χ4v) is 5.50. The van der Waals surface area contributed by atoms with Crippen LogP contribution in [0, 0.1) is 0 Å². The standard InChI is InChI=1S/C25H32ClN6O2S/c1-3-15-31-24(34)30(18-28-31)22-17-27-14-16-32(22,23(33)19-10-12-20(26)13-11-19)25(35)29(4-2)21-8-6-5-7-9-21/h5-13,18,22-23,27,33H,3-4,14-17H2,1-2H3/q+1. The molecule has 0 amide bonds. The zero-order valence-corrected chi connectivity index (χ0v) is 21.6. The van der Waals surface area contributed by atoms with Gasteiger partial charge in [0.2, 0.25) is 6.23 Å². The summed E-state index contributed by atoms with van der Waals surface area (Å²) >= 11 is 12.4. The molecule has 8 nitrogen and oxygen atoms in total. The van der Waals surface area contributed by atoms with Crippen molar-refractivity contribution in [2.75, 3.05) is 31.1 Å². The van der Waals surface area contributed by atoms with Crippen LogP contribution in [0.25, 0.3) is 0 Å². The highest BCUT2D eigenvalue weighted by molar-refractivity contribution is 7.80. The van der Waals surface area contributed by atoms with Crippen molar-refractivity contribution in [1.29, 1.82) is 0 Å². The lowest BCUT2D eigenvalue weighted by atomic mass is 10.1. The van der Waals surface area contributed by atoms with Gasteiger partial charge in [0.05, 0.1) is 6.54 Å². The molecule has 2 heterocycles. The van der Waals surface area contributed by atoms with Gasteiger partial charge in [-0.3, -0.25) is 4.90 Å². The summed E-state index contributed by atoms with van der Waals surface area (Å²) in [4.78, 5) is 15.4. The molecule has 10 heteroatoms. The van der Waals surface area contributed by atoms with E-state index in [1.165, 1.54) is 4.68 Å². The first kappa shape index (κ1) is 25.5. The summed E-state index contributed by atoms with van der Waals surface area (Å²) in [6.45, 7) is 6.75. The number of aliphatic hydroxyl groups excluding tert-OH is 1. The molecule has 0 radical (unpaired) electrons. The third-order valence-electron chi connectivity index (χ3n) is 6.61. The van der Waals surface area contributed by atoms with Crippen LogP contribution in [-0.4, -0.2) is 55.2 Å². The first-order valence-electron chi connectivity index (χ1n) is 12.0. The van der Waals surface area contributed by atoms with Gasteiger partial charge < -0.3 is 10.4 Å². The summed E-state index contributed by atoms with van der Waals surface area (Å²) in [5.41, 5.74) is 1.41. The Labute approximate surface area is 215 Å². The lowest BCUT2D eigenvalue weighted by Crippen LogP contribution is -2.69. The van der Waals surface area contributed by atoms with Gasteiger partial charge in [0.1, 0.15) is 12.9 Å². The molecule has 186 valence electrons. The quantitative estimate of drug-likeness (QED) is 0.370. The topological polar surface area (TPSA) is 75.3 Å². The Bertz CT molecular complexity index is 1200. The molecule has 1 aliphatic heterocycles. The smallest absolute Gasteiger partial charge is 0.341 e.